The van der Waals surface area contributed by atoms with Gasteiger partial charge in [-0.15, -0.1) is 5.10 Å². The van der Waals surface area contributed by atoms with Gasteiger partial charge in [0, 0.05) is 18.3 Å². The number of hydrogen-bond acceptors (Lipinski definition) is 8. The summed E-state index contributed by atoms with van der Waals surface area (Å²) in [6, 6.07) is 6.78. The maximum absolute atomic E-state index is 12.3. The molecule has 0 saturated heterocycles. The van der Waals surface area contributed by atoms with Crippen molar-refractivity contribution in [1.29, 1.82) is 0 Å². The molecule has 0 fully saturated rings. The van der Waals surface area contributed by atoms with E-state index in [1.54, 1.807) is 12.1 Å². The number of H-pyrrole nitrogens is 1. The van der Waals surface area contributed by atoms with Gasteiger partial charge in [-0.05, 0) is 17.1 Å². The Bertz CT molecular complexity index is 1070. The van der Waals surface area contributed by atoms with Crippen molar-refractivity contribution in [1.82, 2.24) is 15.2 Å². The van der Waals surface area contributed by atoms with Crippen molar-refractivity contribution in [2.24, 2.45) is 0 Å². The molecule has 1 aromatic carbocycles. The fourth-order valence-electron chi connectivity index (χ4n) is 2.14. The van der Waals surface area contributed by atoms with Gasteiger partial charge in [-0.2, -0.15) is 0 Å². The van der Waals surface area contributed by atoms with Crippen LogP contribution < -0.4 is 10.1 Å². The summed E-state index contributed by atoms with van der Waals surface area (Å²) in [5.74, 6) is -1.16. The summed E-state index contributed by atoms with van der Waals surface area (Å²) in [5.41, 5.74) is -0.787. The van der Waals surface area contributed by atoms with Gasteiger partial charge in [-0.3, -0.25) is 19.9 Å². The van der Waals surface area contributed by atoms with E-state index in [0.29, 0.717) is 5.75 Å². The number of hydrogen-bond donors (Lipinski definition) is 2. The van der Waals surface area contributed by atoms with Crippen molar-refractivity contribution in [2.75, 3.05) is 5.32 Å². The highest BCUT2D eigenvalue weighted by atomic mass is 35.5. The van der Waals surface area contributed by atoms with Gasteiger partial charge in [-0.25, -0.2) is 0 Å². The quantitative estimate of drug-likeness (QED) is 0.466. The van der Waals surface area contributed by atoms with Crippen LogP contribution in [-0.2, 0) is 0 Å². The van der Waals surface area contributed by atoms with E-state index in [4.69, 9.17) is 16.3 Å². The van der Waals surface area contributed by atoms with Crippen molar-refractivity contribution in [3.63, 3.8) is 0 Å². The van der Waals surface area contributed by atoms with E-state index in [-0.39, 0.29) is 17.1 Å². The van der Waals surface area contributed by atoms with E-state index in [0.717, 1.165) is 12.1 Å². The molecule has 0 spiro atoms. The van der Waals surface area contributed by atoms with Crippen LogP contribution in [0.15, 0.2) is 42.7 Å². The van der Waals surface area contributed by atoms with Crippen LogP contribution in [0.2, 0.25) is 5.02 Å². The minimum atomic E-state index is -0.901. The molecule has 142 valence electrons. The minimum Gasteiger partial charge on any atom is -0.455 e. The second kappa shape index (κ2) is 7.67. The Kier molecular flexibility index (Phi) is 5.13. The van der Waals surface area contributed by atoms with Crippen molar-refractivity contribution in [3.05, 3.63) is 73.7 Å². The number of aromatic amines is 1. The highest BCUT2D eigenvalue weighted by molar-refractivity contribution is 6.35. The second-order valence-electron chi connectivity index (χ2n) is 5.21. The van der Waals surface area contributed by atoms with E-state index in [9.17, 15) is 25.0 Å². The standard InChI is InChI=1S/C15H9ClN6O6/c16-12-13(19-20-14(12)22(26)27)15(23)18-8-4-9(21(24)25)6-11(5-8)28-10-2-1-3-17-7-10/h1-7H,(H,18,23)(H,19,20). The van der Waals surface area contributed by atoms with Crippen molar-refractivity contribution in [3.8, 4) is 11.5 Å². The molecule has 0 unspecified atom stereocenters. The van der Waals surface area contributed by atoms with Crippen molar-refractivity contribution in [2.45, 2.75) is 0 Å². The zero-order valence-corrected chi connectivity index (χ0v) is 14.4. The third-order valence-electron chi connectivity index (χ3n) is 3.32. The van der Waals surface area contributed by atoms with Crippen molar-refractivity contribution < 1.29 is 19.4 Å². The number of nitro groups is 2. The Hall–Kier alpha value is -4.06. The average molecular weight is 405 g/mol. The topological polar surface area (TPSA) is 166 Å². The first-order valence-electron chi connectivity index (χ1n) is 7.42. The summed E-state index contributed by atoms with van der Waals surface area (Å²) >= 11 is 5.76. The molecule has 3 rings (SSSR count). The number of carbonyl (C=O) groups excluding carboxylic acids is 1. The maximum atomic E-state index is 12.3. The van der Waals surface area contributed by atoms with Crippen LogP contribution in [-0.4, -0.2) is 30.9 Å². The molecular formula is C15H9ClN6O6. The van der Waals surface area contributed by atoms with Gasteiger partial charge < -0.3 is 20.2 Å². The van der Waals surface area contributed by atoms with E-state index in [2.05, 4.69) is 15.4 Å². The number of nitro benzene ring substituents is 1. The van der Waals surface area contributed by atoms with E-state index in [1.807, 2.05) is 5.10 Å². The molecular weight excluding hydrogens is 396 g/mol. The average Bonchev–Trinajstić information content (AvgIpc) is 3.04. The summed E-state index contributed by atoms with van der Waals surface area (Å²) in [6.07, 6.45) is 2.93. The number of nitrogens with zero attached hydrogens (tertiary/aromatic N) is 4. The summed E-state index contributed by atoms with van der Waals surface area (Å²) < 4.78 is 5.50. The first-order chi connectivity index (χ1) is 13.3. The Labute approximate surface area is 160 Å². The summed E-state index contributed by atoms with van der Waals surface area (Å²) in [6.45, 7) is 0. The molecule has 12 nitrogen and oxygen atoms in total. The molecule has 13 heteroatoms. The van der Waals surface area contributed by atoms with Crippen LogP contribution in [0.3, 0.4) is 0 Å². The van der Waals surface area contributed by atoms with Gasteiger partial charge in [0.2, 0.25) is 0 Å². The molecule has 0 aliphatic carbocycles. The van der Waals surface area contributed by atoms with Crippen molar-refractivity contribution >= 4 is 34.7 Å². The zero-order chi connectivity index (χ0) is 20.3. The molecule has 2 N–H and O–H groups in total. The van der Waals surface area contributed by atoms with Gasteiger partial charge in [0.15, 0.2) is 10.7 Å². The van der Waals surface area contributed by atoms with Gasteiger partial charge in [0.1, 0.15) is 11.5 Å². The molecule has 0 aliphatic rings. The van der Waals surface area contributed by atoms with Gasteiger partial charge >= 0.3 is 5.82 Å². The van der Waals surface area contributed by atoms with E-state index >= 15 is 0 Å². The number of aromatic nitrogens is 3. The number of nitrogens with one attached hydrogen (secondary N) is 2. The molecule has 0 radical (unpaired) electrons. The normalized spacial score (nSPS) is 10.3. The number of amides is 1. The van der Waals surface area contributed by atoms with Crippen LogP contribution in [0.25, 0.3) is 0 Å². The third-order valence-corrected chi connectivity index (χ3v) is 3.68. The predicted molar refractivity (Wildman–Crippen MR) is 95.6 cm³/mol. The smallest absolute Gasteiger partial charge is 0.362 e. The minimum absolute atomic E-state index is 0.000176. The highest BCUT2D eigenvalue weighted by Crippen LogP contribution is 2.30. The predicted octanol–water partition coefficient (Wildman–Crippen LogP) is 3.32. The van der Waals surface area contributed by atoms with Crippen LogP contribution in [0.1, 0.15) is 10.5 Å². The number of halogens is 1. The van der Waals surface area contributed by atoms with E-state index < -0.39 is 32.3 Å². The molecule has 1 amide bonds. The van der Waals surface area contributed by atoms with Gasteiger partial charge in [0.05, 0.1) is 22.9 Å². The fourth-order valence-corrected chi connectivity index (χ4v) is 2.38. The van der Waals surface area contributed by atoms with E-state index in [1.165, 1.54) is 18.5 Å². The molecule has 28 heavy (non-hydrogen) atoms. The number of benzene rings is 1. The second-order valence-corrected chi connectivity index (χ2v) is 5.59. The number of anilines is 1. The van der Waals surface area contributed by atoms with Crippen LogP contribution in [0, 0.1) is 20.2 Å². The Morgan fingerprint density at radius 2 is 1.96 bits per heavy atom. The summed E-state index contributed by atoms with van der Waals surface area (Å²) in [4.78, 5) is 36.6. The summed E-state index contributed by atoms with van der Waals surface area (Å²) in [5, 5.41) is 29.3. The first-order valence-corrected chi connectivity index (χ1v) is 7.80. The largest absolute Gasteiger partial charge is 0.455 e. The zero-order valence-electron chi connectivity index (χ0n) is 13.7. The number of rotatable bonds is 6. The number of ether oxygens (including phenoxy) is 1. The lowest BCUT2D eigenvalue weighted by atomic mass is 10.2. The molecule has 0 atom stereocenters. The lowest BCUT2D eigenvalue weighted by Gasteiger charge is -2.08. The monoisotopic (exact) mass is 404 g/mol. The molecule has 0 bridgehead atoms. The number of carbonyl (C=O) groups is 1. The molecule has 3 aromatic rings. The molecule has 2 aromatic heterocycles. The first kappa shape index (κ1) is 18.7. The van der Waals surface area contributed by atoms with Crippen LogP contribution in [0.5, 0.6) is 11.5 Å². The third kappa shape index (κ3) is 4.02. The SMILES string of the molecule is O=C(Nc1cc(Oc2cccnc2)cc([N+](=O)[O-])c1)c1n[nH]c([N+](=O)[O-])c1Cl. The molecule has 0 saturated carbocycles. The maximum Gasteiger partial charge on any atom is 0.362 e. The Morgan fingerprint density at radius 3 is 2.57 bits per heavy atom. The lowest BCUT2D eigenvalue weighted by molar-refractivity contribution is -0.389. The Balaban J connectivity index is 1.89. The molecule has 0 aliphatic heterocycles. The van der Waals surface area contributed by atoms with Gasteiger partial charge in [0.25, 0.3) is 11.6 Å². The fraction of sp³-hybridized carbons (Fsp3) is 0. The lowest BCUT2D eigenvalue weighted by Crippen LogP contribution is -2.13. The van der Waals surface area contributed by atoms with Crippen LogP contribution in [0.4, 0.5) is 17.2 Å². The summed E-state index contributed by atoms with van der Waals surface area (Å²) in [7, 11) is 0. The Morgan fingerprint density at radius 1 is 1.18 bits per heavy atom. The molecule has 2 heterocycles. The number of pyridine rings is 1. The van der Waals surface area contributed by atoms with Gasteiger partial charge in [-0.1, -0.05) is 16.7 Å². The number of non-ortho nitro benzene ring substituents is 1. The van der Waals surface area contributed by atoms with Crippen LogP contribution >= 0.6 is 11.6 Å². The highest BCUT2D eigenvalue weighted by Gasteiger charge is 2.25.